The first-order valence-corrected chi connectivity index (χ1v) is 10.1. The van der Waals surface area contributed by atoms with Crippen LogP contribution in [0.25, 0.3) is 6.08 Å². The lowest BCUT2D eigenvalue weighted by molar-refractivity contribution is -0.123. The van der Waals surface area contributed by atoms with Crippen LogP contribution in [-0.2, 0) is 4.79 Å². The van der Waals surface area contributed by atoms with Crippen molar-refractivity contribution in [1.29, 1.82) is 0 Å². The normalized spacial score (nSPS) is 15.0. The van der Waals surface area contributed by atoms with Crippen LogP contribution in [-0.4, -0.2) is 35.4 Å². The number of methoxy groups -OCH3 is 2. The van der Waals surface area contributed by atoms with E-state index in [4.69, 9.17) is 44.9 Å². The Kier molecular flexibility index (Phi) is 6.69. The fourth-order valence-corrected chi connectivity index (χ4v) is 4.16. The molecule has 0 unspecified atom stereocenters. The molecule has 10 heteroatoms. The SMILES string of the molecule is COc1ccc(OC)c(/C=C2/SC(=S)N(NC(=O)c3ccc(Cl)cc3Cl)C2=O)c1. The van der Waals surface area contributed by atoms with Crippen molar-refractivity contribution < 1.29 is 19.1 Å². The number of nitrogens with zero attached hydrogens (tertiary/aromatic N) is 1. The summed E-state index contributed by atoms with van der Waals surface area (Å²) in [5, 5.41) is 1.57. The molecule has 1 fully saturated rings. The fourth-order valence-electron chi connectivity index (χ4n) is 2.49. The smallest absolute Gasteiger partial charge is 0.285 e. The summed E-state index contributed by atoms with van der Waals surface area (Å²) in [5.74, 6) is 0.123. The van der Waals surface area contributed by atoms with Gasteiger partial charge in [-0.15, -0.1) is 0 Å². The molecule has 1 aliphatic heterocycles. The van der Waals surface area contributed by atoms with Gasteiger partial charge in [0.2, 0.25) is 0 Å². The van der Waals surface area contributed by atoms with Crippen LogP contribution in [0.1, 0.15) is 15.9 Å². The van der Waals surface area contributed by atoms with Crippen molar-refractivity contribution >= 4 is 69.4 Å². The molecule has 29 heavy (non-hydrogen) atoms. The summed E-state index contributed by atoms with van der Waals surface area (Å²) >= 11 is 18.2. The van der Waals surface area contributed by atoms with Crippen LogP contribution in [0.5, 0.6) is 11.5 Å². The van der Waals surface area contributed by atoms with E-state index in [-0.39, 0.29) is 14.9 Å². The Morgan fingerprint density at radius 1 is 1.17 bits per heavy atom. The highest BCUT2D eigenvalue weighted by atomic mass is 35.5. The van der Waals surface area contributed by atoms with Crippen molar-refractivity contribution in [3.05, 3.63) is 62.5 Å². The minimum absolute atomic E-state index is 0.164. The Bertz CT molecular complexity index is 1040. The van der Waals surface area contributed by atoms with E-state index >= 15 is 0 Å². The number of rotatable bonds is 5. The molecule has 3 rings (SSSR count). The highest BCUT2D eigenvalue weighted by molar-refractivity contribution is 8.26. The van der Waals surface area contributed by atoms with Crippen LogP contribution < -0.4 is 14.9 Å². The van der Waals surface area contributed by atoms with E-state index in [2.05, 4.69) is 5.43 Å². The molecule has 1 saturated heterocycles. The monoisotopic (exact) mass is 468 g/mol. The topological polar surface area (TPSA) is 67.9 Å². The molecule has 2 aromatic rings. The second-order valence-electron chi connectivity index (χ2n) is 5.69. The molecule has 6 nitrogen and oxygen atoms in total. The second kappa shape index (κ2) is 9.04. The minimum atomic E-state index is -0.580. The summed E-state index contributed by atoms with van der Waals surface area (Å²) in [7, 11) is 3.07. The van der Waals surface area contributed by atoms with E-state index < -0.39 is 11.8 Å². The molecule has 0 atom stereocenters. The summed E-state index contributed by atoms with van der Waals surface area (Å²) in [4.78, 5) is 25.6. The summed E-state index contributed by atoms with van der Waals surface area (Å²) in [5.41, 5.74) is 3.29. The number of nitrogens with one attached hydrogen (secondary N) is 1. The van der Waals surface area contributed by atoms with Gasteiger partial charge in [-0.25, -0.2) is 0 Å². The molecule has 2 amide bonds. The van der Waals surface area contributed by atoms with Crippen molar-refractivity contribution in [3.8, 4) is 11.5 Å². The standard InChI is InChI=1S/C19H14Cl2N2O4S2/c1-26-12-4-6-15(27-2)10(7-12)8-16-18(25)23(19(28)29-16)22-17(24)13-5-3-11(20)9-14(13)21/h3-9H,1-2H3,(H,22,24)/b16-8+. The third kappa shape index (κ3) is 4.67. The zero-order chi connectivity index (χ0) is 21.1. The molecule has 0 aliphatic carbocycles. The Balaban J connectivity index is 1.85. The van der Waals surface area contributed by atoms with Gasteiger partial charge in [0.1, 0.15) is 11.5 Å². The highest BCUT2D eigenvalue weighted by Gasteiger charge is 2.34. The fraction of sp³-hybridized carbons (Fsp3) is 0.105. The molecule has 1 N–H and O–H groups in total. The summed E-state index contributed by atoms with van der Waals surface area (Å²) in [6.07, 6.45) is 1.63. The van der Waals surface area contributed by atoms with Gasteiger partial charge in [-0.05, 0) is 54.7 Å². The number of hydrazine groups is 1. The Morgan fingerprint density at radius 2 is 1.93 bits per heavy atom. The number of amides is 2. The molecular weight excluding hydrogens is 455 g/mol. The molecule has 0 radical (unpaired) electrons. The molecule has 0 saturated carbocycles. The minimum Gasteiger partial charge on any atom is -0.497 e. The van der Waals surface area contributed by atoms with E-state index in [0.29, 0.717) is 27.0 Å². The van der Waals surface area contributed by atoms with Gasteiger partial charge in [-0.2, -0.15) is 5.01 Å². The van der Waals surface area contributed by atoms with Crippen molar-refractivity contribution in [2.24, 2.45) is 0 Å². The summed E-state index contributed by atoms with van der Waals surface area (Å²) in [6, 6.07) is 9.65. The number of carbonyl (C=O) groups is 2. The maximum absolute atomic E-state index is 12.8. The first kappa shape index (κ1) is 21.4. The predicted molar refractivity (Wildman–Crippen MR) is 118 cm³/mol. The number of thiocarbonyl (C=S) groups is 1. The van der Waals surface area contributed by atoms with Gasteiger partial charge in [-0.3, -0.25) is 15.0 Å². The van der Waals surface area contributed by atoms with Gasteiger partial charge in [0, 0.05) is 10.6 Å². The molecule has 2 aromatic carbocycles. The molecule has 0 aromatic heterocycles. The lowest BCUT2D eigenvalue weighted by Crippen LogP contribution is -2.44. The van der Waals surface area contributed by atoms with Gasteiger partial charge < -0.3 is 9.47 Å². The van der Waals surface area contributed by atoms with Crippen LogP contribution in [0.2, 0.25) is 10.0 Å². The third-order valence-corrected chi connectivity index (χ3v) is 5.76. The van der Waals surface area contributed by atoms with Crippen LogP contribution in [0.4, 0.5) is 0 Å². The Labute approximate surface area is 186 Å². The van der Waals surface area contributed by atoms with Crippen molar-refractivity contribution in [2.75, 3.05) is 14.2 Å². The number of ether oxygens (including phenoxy) is 2. The number of hydrogen-bond acceptors (Lipinski definition) is 6. The molecule has 1 aliphatic rings. The van der Waals surface area contributed by atoms with Crippen LogP contribution in [0, 0.1) is 0 Å². The average Bonchev–Trinajstić information content (AvgIpc) is 2.95. The lowest BCUT2D eigenvalue weighted by Gasteiger charge is -2.16. The van der Waals surface area contributed by atoms with Crippen molar-refractivity contribution in [1.82, 2.24) is 10.4 Å². The van der Waals surface area contributed by atoms with E-state index in [9.17, 15) is 9.59 Å². The third-order valence-electron chi connectivity index (χ3n) is 3.91. The maximum Gasteiger partial charge on any atom is 0.285 e. The molecular formula is C19H14Cl2N2O4S2. The molecule has 1 heterocycles. The highest BCUT2D eigenvalue weighted by Crippen LogP contribution is 2.34. The van der Waals surface area contributed by atoms with E-state index in [1.54, 1.807) is 31.4 Å². The van der Waals surface area contributed by atoms with Crippen LogP contribution >= 0.6 is 47.2 Å². The number of carbonyl (C=O) groups excluding carboxylic acids is 2. The molecule has 150 valence electrons. The maximum atomic E-state index is 12.8. The van der Waals surface area contributed by atoms with Crippen molar-refractivity contribution in [3.63, 3.8) is 0 Å². The Hall–Kier alpha value is -2.26. The van der Waals surface area contributed by atoms with Crippen LogP contribution in [0.15, 0.2) is 41.3 Å². The van der Waals surface area contributed by atoms with Gasteiger partial charge in [0.05, 0.1) is 29.7 Å². The zero-order valence-corrected chi connectivity index (χ0v) is 18.3. The van der Waals surface area contributed by atoms with Gasteiger partial charge >= 0.3 is 0 Å². The van der Waals surface area contributed by atoms with E-state index in [1.165, 1.54) is 25.3 Å². The van der Waals surface area contributed by atoms with E-state index in [1.807, 2.05) is 0 Å². The summed E-state index contributed by atoms with van der Waals surface area (Å²) in [6.45, 7) is 0. The number of halogens is 2. The first-order valence-electron chi connectivity index (χ1n) is 8.10. The molecule has 0 spiro atoms. The number of benzene rings is 2. The molecule has 0 bridgehead atoms. The number of hydrogen-bond donors (Lipinski definition) is 1. The zero-order valence-electron chi connectivity index (χ0n) is 15.2. The first-order chi connectivity index (χ1) is 13.8. The van der Waals surface area contributed by atoms with Crippen LogP contribution in [0.3, 0.4) is 0 Å². The lowest BCUT2D eigenvalue weighted by atomic mass is 10.1. The Morgan fingerprint density at radius 3 is 2.59 bits per heavy atom. The average molecular weight is 469 g/mol. The summed E-state index contributed by atoms with van der Waals surface area (Å²) < 4.78 is 10.7. The largest absolute Gasteiger partial charge is 0.497 e. The van der Waals surface area contributed by atoms with Gasteiger partial charge in [0.25, 0.3) is 11.8 Å². The number of thioether (sulfide) groups is 1. The van der Waals surface area contributed by atoms with Gasteiger partial charge in [0.15, 0.2) is 4.32 Å². The van der Waals surface area contributed by atoms with Crippen molar-refractivity contribution in [2.45, 2.75) is 0 Å². The second-order valence-corrected chi connectivity index (χ2v) is 8.21. The predicted octanol–water partition coefficient (Wildman–Crippen LogP) is 4.56. The quantitative estimate of drug-likeness (QED) is 0.512. The van der Waals surface area contributed by atoms with Gasteiger partial charge in [-0.1, -0.05) is 35.0 Å². The van der Waals surface area contributed by atoms with E-state index in [0.717, 1.165) is 16.8 Å².